The summed E-state index contributed by atoms with van der Waals surface area (Å²) in [4.78, 5) is 0. The first-order valence-corrected chi connectivity index (χ1v) is 5.65. The SMILES string of the molecule is CCCCCCCC/C=C/CC[O]. The Kier molecular flexibility index (Phi) is 11.4. The zero-order valence-electron chi connectivity index (χ0n) is 8.93. The molecule has 0 aliphatic rings. The molecule has 0 atom stereocenters. The van der Waals surface area contributed by atoms with E-state index in [4.69, 9.17) is 0 Å². The third-order valence-corrected chi connectivity index (χ3v) is 2.18. The van der Waals surface area contributed by atoms with Gasteiger partial charge in [0.1, 0.15) is 0 Å². The van der Waals surface area contributed by atoms with E-state index in [2.05, 4.69) is 13.0 Å². The Morgan fingerprint density at radius 2 is 1.46 bits per heavy atom. The number of rotatable bonds is 9. The van der Waals surface area contributed by atoms with E-state index in [0.717, 1.165) is 6.42 Å². The summed E-state index contributed by atoms with van der Waals surface area (Å²) in [5, 5.41) is 10.1. The van der Waals surface area contributed by atoms with Crippen LogP contribution in [0.4, 0.5) is 0 Å². The van der Waals surface area contributed by atoms with Crippen LogP contribution < -0.4 is 0 Å². The second-order valence-corrected chi connectivity index (χ2v) is 3.52. The van der Waals surface area contributed by atoms with Crippen LogP contribution in [0.3, 0.4) is 0 Å². The quantitative estimate of drug-likeness (QED) is 0.378. The molecular formula is C12H23O. The first-order valence-electron chi connectivity index (χ1n) is 5.65. The van der Waals surface area contributed by atoms with Crippen LogP contribution in [0.25, 0.3) is 0 Å². The van der Waals surface area contributed by atoms with E-state index in [9.17, 15) is 5.11 Å². The molecule has 0 aromatic rings. The van der Waals surface area contributed by atoms with Gasteiger partial charge in [0.25, 0.3) is 0 Å². The van der Waals surface area contributed by atoms with Gasteiger partial charge in [0.2, 0.25) is 0 Å². The molecule has 0 aliphatic heterocycles. The molecule has 0 saturated heterocycles. The van der Waals surface area contributed by atoms with E-state index in [-0.39, 0.29) is 6.61 Å². The Balaban J connectivity index is 2.91. The molecule has 0 spiro atoms. The molecule has 0 fully saturated rings. The molecule has 0 aromatic carbocycles. The highest BCUT2D eigenvalue weighted by molar-refractivity contribution is 4.80. The summed E-state index contributed by atoms with van der Waals surface area (Å²) in [5.74, 6) is 0. The van der Waals surface area contributed by atoms with Crippen LogP contribution >= 0.6 is 0 Å². The Labute approximate surface area is 82.9 Å². The molecule has 77 valence electrons. The van der Waals surface area contributed by atoms with Crippen molar-refractivity contribution >= 4 is 0 Å². The normalized spacial score (nSPS) is 11.2. The average molecular weight is 183 g/mol. The highest BCUT2D eigenvalue weighted by Gasteiger charge is 1.87. The molecule has 0 heterocycles. The second-order valence-electron chi connectivity index (χ2n) is 3.52. The summed E-state index contributed by atoms with van der Waals surface area (Å²) >= 11 is 0. The van der Waals surface area contributed by atoms with Crippen LogP contribution in [0.2, 0.25) is 0 Å². The number of hydrogen-bond donors (Lipinski definition) is 0. The topological polar surface area (TPSA) is 19.9 Å². The fourth-order valence-electron chi connectivity index (χ4n) is 1.35. The fourth-order valence-corrected chi connectivity index (χ4v) is 1.35. The van der Waals surface area contributed by atoms with Crippen molar-refractivity contribution in [1.29, 1.82) is 0 Å². The molecule has 0 bridgehead atoms. The minimum Gasteiger partial charge on any atom is -0.236 e. The Hall–Kier alpha value is -0.300. The number of hydrogen-bond acceptors (Lipinski definition) is 0. The van der Waals surface area contributed by atoms with Crippen molar-refractivity contribution < 1.29 is 5.11 Å². The molecule has 13 heavy (non-hydrogen) atoms. The molecule has 0 N–H and O–H groups in total. The summed E-state index contributed by atoms with van der Waals surface area (Å²) in [7, 11) is 0. The van der Waals surface area contributed by atoms with E-state index in [1.807, 2.05) is 6.08 Å². The maximum atomic E-state index is 10.1. The number of allylic oxidation sites excluding steroid dienone is 1. The molecule has 0 aromatic heterocycles. The van der Waals surface area contributed by atoms with Crippen LogP contribution in [0.15, 0.2) is 12.2 Å². The van der Waals surface area contributed by atoms with E-state index in [1.165, 1.54) is 38.5 Å². The van der Waals surface area contributed by atoms with Gasteiger partial charge >= 0.3 is 0 Å². The third kappa shape index (κ3) is 11.7. The van der Waals surface area contributed by atoms with Crippen molar-refractivity contribution in [2.24, 2.45) is 0 Å². The summed E-state index contributed by atoms with van der Waals surface area (Å²) in [6.07, 6.45) is 14.1. The van der Waals surface area contributed by atoms with E-state index in [1.54, 1.807) is 0 Å². The van der Waals surface area contributed by atoms with E-state index < -0.39 is 0 Å². The van der Waals surface area contributed by atoms with Gasteiger partial charge in [-0.1, -0.05) is 51.2 Å². The van der Waals surface area contributed by atoms with Crippen molar-refractivity contribution in [3.05, 3.63) is 12.2 Å². The lowest BCUT2D eigenvalue weighted by molar-refractivity contribution is 0.199. The summed E-state index contributed by atoms with van der Waals surface area (Å²) in [6.45, 7) is 2.28. The lowest BCUT2D eigenvalue weighted by Crippen LogP contribution is -1.78. The monoisotopic (exact) mass is 183 g/mol. The summed E-state index contributed by atoms with van der Waals surface area (Å²) < 4.78 is 0. The molecular weight excluding hydrogens is 160 g/mol. The van der Waals surface area contributed by atoms with Gasteiger partial charge in [-0.25, -0.2) is 5.11 Å². The van der Waals surface area contributed by atoms with Crippen LogP contribution in [0, 0.1) is 0 Å². The minimum absolute atomic E-state index is 0.0347. The maximum Gasteiger partial charge on any atom is 0.0856 e. The molecule has 0 amide bonds. The molecule has 0 saturated carbocycles. The Morgan fingerprint density at radius 1 is 0.846 bits per heavy atom. The summed E-state index contributed by atoms with van der Waals surface area (Å²) in [6, 6.07) is 0. The Morgan fingerprint density at radius 3 is 2.15 bits per heavy atom. The van der Waals surface area contributed by atoms with Gasteiger partial charge in [-0.05, 0) is 19.3 Å². The van der Waals surface area contributed by atoms with Crippen molar-refractivity contribution in [1.82, 2.24) is 0 Å². The second kappa shape index (κ2) is 11.7. The molecule has 0 aliphatic carbocycles. The van der Waals surface area contributed by atoms with Gasteiger partial charge in [0, 0.05) is 0 Å². The summed E-state index contributed by atoms with van der Waals surface area (Å²) in [5.41, 5.74) is 0. The standard InChI is InChI=1S/C12H23O/c1-2-3-4-5-6-7-8-9-10-11-12-13/h9-10H,2-8,11-12H2,1H3/b10-9+. The molecule has 1 radical (unpaired) electrons. The van der Waals surface area contributed by atoms with Gasteiger partial charge in [-0.3, -0.25) is 0 Å². The van der Waals surface area contributed by atoms with Gasteiger partial charge < -0.3 is 0 Å². The highest BCUT2D eigenvalue weighted by Crippen LogP contribution is 2.07. The van der Waals surface area contributed by atoms with Crippen LogP contribution in [-0.4, -0.2) is 6.61 Å². The average Bonchev–Trinajstić information content (AvgIpc) is 2.16. The van der Waals surface area contributed by atoms with E-state index >= 15 is 0 Å². The molecule has 0 unspecified atom stereocenters. The van der Waals surface area contributed by atoms with Crippen molar-refractivity contribution in [2.45, 2.75) is 58.3 Å². The van der Waals surface area contributed by atoms with Crippen molar-refractivity contribution in [3.63, 3.8) is 0 Å². The first-order chi connectivity index (χ1) is 6.41. The van der Waals surface area contributed by atoms with Gasteiger partial charge in [0.15, 0.2) is 0 Å². The van der Waals surface area contributed by atoms with Gasteiger partial charge in [-0.15, -0.1) is 0 Å². The fraction of sp³-hybridized carbons (Fsp3) is 0.833. The predicted molar refractivity (Wildman–Crippen MR) is 57.3 cm³/mol. The molecule has 1 nitrogen and oxygen atoms in total. The minimum atomic E-state index is 0.0347. The zero-order valence-corrected chi connectivity index (χ0v) is 8.93. The molecule has 1 heteroatoms. The largest absolute Gasteiger partial charge is 0.236 e. The zero-order chi connectivity index (χ0) is 9.78. The lowest BCUT2D eigenvalue weighted by Gasteiger charge is -1.97. The van der Waals surface area contributed by atoms with Crippen molar-refractivity contribution in [3.8, 4) is 0 Å². The van der Waals surface area contributed by atoms with Crippen LogP contribution in [0.1, 0.15) is 58.3 Å². The lowest BCUT2D eigenvalue weighted by atomic mass is 10.1. The Bertz CT molecular complexity index is 108. The molecule has 0 rings (SSSR count). The maximum absolute atomic E-state index is 10.1. The predicted octanol–water partition coefficient (Wildman–Crippen LogP) is 4.11. The highest BCUT2D eigenvalue weighted by atomic mass is 16.2. The van der Waals surface area contributed by atoms with E-state index in [0.29, 0.717) is 6.42 Å². The van der Waals surface area contributed by atoms with Gasteiger partial charge in [0.05, 0.1) is 6.61 Å². The first kappa shape index (κ1) is 12.7. The van der Waals surface area contributed by atoms with Crippen LogP contribution in [0.5, 0.6) is 0 Å². The third-order valence-electron chi connectivity index (χ3n) is 2.18. The van der Waals surface area contributed by atoms with Gasteiger partial charge in [-0.2, -0.15) is 0 Å². The smallest absolute Gasteiger partial charge is 0.0856 e. The van der Waals surface area contributed by atoms with Crippen LogP contribution in [-0.2, 0) is 5.11 Å². The number of unbranched alkanes of at least 4 members (excludes halogenated alkanes) is 6. The van der Waals surface area contributed by atoms with Crippen molar-refractivity contribution in [2.75, 3.05) is 6.61 Å².